The third kappa shape index (κ3) is 24.2. The summed E-state index contributed by atoms with van der Waals surface area (Å²) in [7, 11) is 0. The van der Waals surface area contributed by atoms with Crippen molar-refractivity contribution in [3.63, 3.8) is 0 Å². The molecule has 0 aromatic carbocycles. The lowest BCUT2D eigenvalue weighted by atomic mass is 11.3. The van der Waals surface area contributed by atoms with E-state index in [1.807, 2.05) is 4.93 Å². The molecule has 0 rings (SSSR count). The summed E-state index contributed by atoms with van der Waals surface area (Å²) in [5, 5.41) is 0. The van der Waals surface area contributed by atoms with Crippen LogP contribution in [0, 0.1) is 0 Å². The van der Waals surface area contributed by atoms with Crippen molar-refractivity contribution < 1.29 is 0 Å². The SMILES string of the molecule is C=C.CI. The zero-order valence-electron chi connectivity index (χ0n) is 2.79. The van der Waals surface area contributed by atoms with Crippen molar-refractivity contribution in [2.75, 3.05) is 4.93 Å². The molecule has 0 aromatic heterocycles. The first-order valence-corrected chi connectivity index (χ1v) is 3.04. The zero-order valence-corrected chi connectivity index (χ0v) is 4.95. The van der Waals surface area contributed by atoms with Crippen LogP contribution in [-0.4, -0.2) is 4.93 Å². The molecule has 0 fully saturated rings. The molecule has 0 saturated heterocycles. The molecule has 0 heterocycles. The first-order chi connectivity index (χ1) is 2.00. The van der Waals surface area contributed by atoms with Crippen molar-refractivity contribution in [1.82, 2.24) is 0 Å². The van der Waals surface area contributed by atoms with E-state index in [-0.39, 0.29) is 0 Å². The highest BCUT2D eigenvalue weighted by molar-refractivity contribution is 14.1. The van der Waals surface area contributed by atoms with Gasteiger partial charge in [0, 0.05) is 0 Å². The first kappa shape index (κ1) is 8.82. The summed E-state index contributed by atoms with van der Waals surface area (Å²) in [6.45, 7) is 6.00. The highest BCUT2D eigenvalue weighted by atomic mass is 127. The second kappa shape index (κ2) is 95.8. The van der Waals surface area contributed by atoms with Crippen molar-refractivity contribution in [1.29, 1.82) is 0 Å². The number of halogens is 1. The maximum absolute atomic E-state index is 3.00. The molecule has 0 aromatic rings. The molecule has 0 atom stereocenters. The van der Waals surface area contributed by atoms with E-state index in [1.165, 1.54) is 0 Å². The maximum atomic E-state index is 3.00. The Bertz CT molecular complexity index is 3.25. The quantitative estimate of drug-likeness (QED) is 0.295. The van der Waals surface area contributed by atoms with Gasteiger partial charge in [0.15, 0.2) is 0 Å². The summed E-state index contributed by atoms with van der Waals surface area (Å²) >= 11 is 2.15. The van der Waals surface area contributed by atoms with E-state index in [0.29, 0.717) is 0 Å². The van der Waals surface area contributed by atoms with E-state index in [0.717, 1.165) is 0 Å². The molecule has 1 heteroatoms. The molecule has 0 saturated carbocycles. The summed E-state index contributed by atoms with van der Waals surface area (Å²) in [4.78, 5) is 1.97. The summed E-state index contributed by atoms with van der Waals surface area (Å²) in [5.41, 5.74) is 0. The first-order valence-electron chi connectivity index (χ1n) is 0.878. The monoisotopic (exact) mass is 170 g/mol. The maximum Gasteiger partial charge on any atom is -0.0121 e. The van der Waals surface area contributed by atoms with Crippen LogP contribution in [0.2, 0.25) is 0 Å². The van der Waals surface area contributed by atoms with Gasteiger partial charge < -0.3 is 0 Å². The van der Waals surface area contributed by atoms with E-state index in [4.69, 9.17) is 0 Å². The summed E-state index contributed by atoms with van der Waals surface area (Å²) in [5.74, 6) is 0. The third-order valence-corrected chi connectivity index (χ3v) is 0. The van der Waals surface area contributed by atoms with Gasteiger partial charge in [0.2, 0.25) is 0 Å². The van der Waals surface area contributed by atoms with Crippen LogP contribution in [0.15, 0.2) is 13.2 Å². The third-order valence-electron chi connectivity index (χ3n) is 0. The van der Waals surface area contributed by atoms with Crippen molar-refractivity contribution in [2.45, 2.75) is 0 Å². The van der Waals surface area contributed by atoms with Gasteiger partial charge in [-0.25, -0.2) is 0 Å². The van der Waals surface area contributed by atoms with Crippen LogP contribution in [-0.2, 0) is 0 Å². The Labute approximate surface area is 41.0 Å². The van der Waals surface area contributed by atoms with Gasteiger partial charge in [0.1, 0.15) is 0 Å². The van der Waals surface area contributed by atoms with Gasteiger partial charge in [0.25, 0.3) is 0 Å². The van der Waals surface area contributed by atoms with Gasteiger partial charge in [-0.3, -0.25) is 0 Å². The Balaban J connectivity index is 0. The molecule has 0 spiro atoms. The predicted octanol–water partition coefficient (Wildman–Crippen LogP) is 1.85. The van der Waals surface area contributed by atoms with E-state index >= 15 is 0 Å². The Kier molecular flexibility index (Phi) is 211. The van der Waals surface area contributed by atoms with Crippen molar-refractivity contribution in [3.05, 3.63) is 13.2 Å². The largest absolute Gasteiger partial charge is 0.106 e. The van der Waals surface area contributed by atoms with Crippen molar-refractivity contribution in [2.24, 2.45) is 0 Å². The fourth-order valence-electron chi connectivity index (χ4n) is 0. The van der Waals surface area contributed by atoms with Crippen molar-refractivity contribution >= 4 is 22.6 Å². The number of hydrogen-bond acceptors (Lipinski definition) is 0. The number of alkyl halides is 1. The highest BCUT2D eigenvalue weighted by Crippen LogP contribution is 1.48. The summed E-state index contributed by atoms with van der Waals surface area (Å²) in [6, 6.07) is 0. The zero-order chi connectivity index (χ0) is 4.00. The topological polar surface area (TPSA) is 0 Å². The van der Waals surface area contributed by atoms with E-state index in [2.05, 4.69) is 35.7 Å². The van der Waals surface area contributed by atoms with Crippen LogP contribution in [0.1, 0.15) is 0 Å². The fourth-order valence-corrected chi connectivity index (χ4v) is 0. The molecular formula is C3H7I. The molecule has 0 bridgehead atoms. The van der Waals surface area contributed by atoms with Crippen LogP contribution in [0.3, 0.4) is 0 Å². The van der Waals surface area contributed by atoms with Gasteiger partial charge in [-0.2, -0.15) is 0 Å². The average molecular weight is 170 g/mol. The van der Waals surface area contributed by atoms with Crippen LogP contribution in [0.5, 0.6) is 0 Å². The Morgan fingerprint density at radius 3 is 1.25 bits per heavy atom. The average Bonchev–Trinajstić information content (AvgIpc) is 1.50. The van der Waals surface area contributed by atoms with Crippen LogP contribution < -0.4 is 0 Å². The molecule has 0 aliphatic rings. The minimum Gasteiger partial charge on any atom is -0.106 e. The van der Waals surface area contributed by atoms with Crippen molar-refractivity contribution in [3.8, 4) is 0 Å². The minimum absolute atomic E-state index is 1.97. The lowest BCUT2D eigenvalue weighted by Gasteiger charge is -1.05. The molecule has 0 N–H and O–H groups in total. The smallest absolute Gasteiger partial charge is 0.0121 e. The van der Waals surface area contributed by atoms with E-state index < -0.39 is 0 Å². The lowest BCUT2D eigenvalue weighted by Crippen LogP contribution is -0.798. The van der Waals surface area contributed by atoms with Gasteiger partial charge in [-0.05, 0) is 4.93 Å². The Morgan fingerprint density at radius 1 is 1.25 bits per heavy atom. The van der Waals surface area contributed by atoms with E-state index in [9.17, 15) is 0 Å². The standard InChI is InChI=1S/C2H4.CH3I/c2*1-2/h1-2H2;1H3. The molecule has 0 radical (unpaired) electrons. The molecule has 0 amide bonds. The lowest BCUT2D eigenvalue weighted by molar-refractivity contribution is 2.66. The van der Waals surface area contributed by atoms with Gasteiger partial charge >= 0.3 is 0 Å². The Hall–Kier alpha value is 0.470. The molecule has 0 aliphatic carbocycles. The highest BCUT2D eigenvalue weighted by Gasteiger charge is 0.950. The second-order valence-corrected chi connectivity index (χ2v) is 0. The molecular weight excluding hydrogens is 163 g/mol. The van der Waals surface area contributed by atoms with Gasteiger partial charge in [-0.15, -0.1) is 13.2 Å². The predicted molar refractivity (Wildman–Crippen MR) is 31.2 cm³/mol. The summed E-state index contributed by atoms with van der Waals surface area (Å²) < 4.78 is 0. The fraction of sp³-hybridized carbons (Fsp3) is 0.333. The Morgan fingerprint density at radius 2 is 1.25 bits per heavy atom. The second-order valence-electron chi connectivity index (χ2n) is 0. The normalized spacial score (nSPS) is 2.50. The number of rotatable bonds is 0. The van der Waals surface area contributed by atoms with Gasteiger partial charge in [0.05, 0.1) is 0 Å². The van der Waals surface area contributed by atoms with E-state index in [1.54, 1.807) is 0 Å². The minimum atomic E-state index is 1.97. The molecule has 0 nitrogen and oxygen atoms in total. The van der Waals surface area contributed by atoms with Crippen LogP contribution in [0.25, 0.3) is 0 Å². The summed E-state index contributed by atoms with van der Waals surface area (Å²) in [6.07, 6.45) is 0. The molecule has 0 unspecified atom stereocenters. The van der Waals surface area contributed by atoms with Crippen LogP contribution >= 0.6 is 22.6 Å². The molecule has 4 heavy (non-hydrogen) atoms. The molecule has 0 aliphatic heterocycles. The molecule has 26 valence electrons. The van der Waals surface area contributed by atoms with Gasteiger partial charge in [-0.1, -0.05) is 22.6 Å². The van der Waals surface area contributed by atoms with Crippen LogP contribution in [0.4, 0.5) is 0 Å². The number of hydrogen-bond donors (Lipinski definition) is 0.